The molecule has 0 radical (unpaired) electrons. The van der Waals surface area contributed by atoms with Gasteiger partial charge in [0.2, 0.25) is 0 Å². The molecule has 2 atom stereocenters. The van der Waals surface area contributed by atoms with Crippen molar-refractivity contribution in [2.24, 2.45) is 5.92 Å². The molecular formula is C6H15NO. The zero-order valence-corrected chi connectivity index (χ0v) is 5.81. The summed E-state index contributed by atoms with van der Waals surface area (Å²) in [6.07, 6.45) is 0. The molecule has 0 aromatic rings. The lowest BCUT2D eigenvalue weighted by Crippen LogP contribution is -2.30. The van der Waals surface area contributed by atoms with Gasteiger partial charge in [-0.2, -0.15) is 0 Å². The monoisotopic (exact) mass is 117 g/mol. The van der Waals surface area contributed by atoms with Crippen LogP contribution in [0.15, 0.2) is 0 Å². The van der Waals surface area contributed by atoms with E-state index >= 15 is 0 Å². The third kappa shape index (κ3) is 2.28. The number of aliphatic hydroxyl groups is 1. The first kappa shape index (κ1) is 7.92. The molecule has 0 fully saturated rings. The fourth-order valence-electron chi connectivity index (χ4n) is 0.443. The van der Waals surface area contributed by atoms with Crippen molar-refractivity contribution in [1.29, 1.82) is 0 Å². The van der Waals surface area contributed by atoms with E-state index in [2.05, 4.69) is 12.2 Å². The van der Waals surface area contributed by atoms with E-state index in [0.717, 1.165) is 0 Å². The van der Waals surface area contributed by atoms with Crippen LogP contribution in [0.4, 0.5) is 0 Å². The zero-order chi connectivity index (χ0) is 6.57. The van der Waals surface area contributed by atoms with Crippen molar-refractivity contribution in [3.05, 3.63) is 0 Å². The average molecular weight is 117 g/mol. The Morgan fingerprint density at radius 2 is 2.00 bits per heavy atom. The van der Waals surface area contributed by atoms with Gasteiger partial charge in [-0.25, -0.2) is 0 Å². The summed E-state index contributed by atoms with van der Waals surface area (Å²) in [6.45, 7) is 4.34. The van der Waals surface area contributed by atoms with Crippen molar-refractivity contribution in [2.75, 3.05) is 13.7 Å². The van der Waals surface area contributed by atoms with E-state index in [1.54, 1.807) is 0 Å². The van der Waals surface area contributed by atoms with E-state index in [0.29, 0.717) is 12.0 Å². The normalized spacial score (nSPS) is 18.0. The van der Waals surface area contributed by atoms with Gasteiger partial charge in [-0.15, -0.1) is 0 Å². The highest BCUT2D eigenvalue weighted by molar-refractivity contribution is 4.63. The van der Waals surface area contributed by atoms with Crippen LogP contribution >= 0.6 is 0 Å². The van der Waals surface area contributed by atoms with Gasteiger partial charge in [0.15, 0.2) is 0 Å². The maximum atomic E-state index is 8.60. The third-order valence-corrected chi connectivity index (χ3v) is 1.60. The summed E-state index contributed by atoms with van der Waals surface area (Å²) in [5.41, 5.74) is 0. The molecule has 0 aliphatic rings. The van der Waals surface area contributed by atoms with Gasteiger partial charge in [0, 0.05) is 12.6 Å². The fourth-order valence-corrected chi connectivity index (χ4v) is 0.443. The van der Waals surface area contributed by atoms with E-state index in [-0.39, 0.29) is 6.61 Å². The first-order valence-electron chi connectivity index (χ1n) is 3.00. The maximum Gasteiger partial charge on any atom is 0.0471 e. The topological polar surface area (TPSA) is 32.3 Å². The lowest BCUT2D eigenvalue weighted by atomic mass is 10.1. The number of hydrogen-bond donors (Lipinski definition) is 2. The fraction of sp³-hybridized carbons (Fsp3) is 1.00. The summed E-state index contributed by atoms with van der Waals surface area (Å²) >= 11 is 0. The zero-order valence-electron chi connectivity index (χ0n) is 5.81. The van der Waals surface area contributed by atoms with Crippen LogP contribution in [0.25, 0.3) is 0 Å². The van der Waals surface area contributed by atoms with Crippen molar-refractivity contribution in [3.63, 3.8) is 0 Å². The first-order chi connectivity index (χ1) is 3.72. The van der Waals surface area contributed by atoms with Gasteiger partial charge in [-0.3, -0.25) is 0 Å². The Morgan fingerprint density at radius 3 is 2.12 bits per heavy atom. The molecule has 0 heterocycles. The first-order valence-corrected chi connectivity index (χ1v) is 3.00. The standard InChI is InChI=1S/C6H15NO/c1-5(4-8)6(2)7-3/h5-8H,4H2,1-3H3. The van der Waals surface area contributed by atoms with E-state index < -0.39 is 0 Å². The highest BCUT2D eigenvalue weighted by atomic mass is 16.3. The molecule has 0 aromatic heterocycles. The second-order valence-electron chi connectivity index (χ2n) is 2.24. The minimum absolute atomic E-state index is 0.266. The minimum atomic E-state index is 0.266. The average Bonchev–Trinajstić information content (AvgIpc) is 1.84. The maximum absolute atomic E-state index is 8.60. The summed E-state index contributed by atoms with van der Waals surface area (Å²) in [7, 11) is 1.90. The van der Waals surface area contributed by atoms with Crippen molar-refractivity contribution < 1.29 is 5.11 Å². The van der Waals surface area contributed by atoms with Crippen LogP contribution in [0.3, 0.4) is 0 Å². The highest BCUT2D eigenvalue weighted by Gasteiger charge is 2.06. The smallest absolute Gasteiger partial charge is 0.0471 e. The van der Waals surface area contributed by atoms with Gasteiger partial charge in [0.05, 0.1) is 0 Å². The molecule has 0 aromatic carbocycles. The van der Waals surface area contributed by atoms with Crippen molar-refractivity contribution >= 4 is 0 Å². The second-order valence-corrected chi connectivity index (χ2v) is 2.24. The SMILES string of the molecule is CNC(C)C(C)CO. The second kappa shape index (κ2) is 3.87. The molecule has 8 heavy (non-hydrogen) atoms. The summed E-state index contributed by atoms with van der Waals surface area (Å²) < 4.78 is 0. The van der Waals surface area contributed by atoms with E-state index in [1.165, 1.54) is 0 Å². The Balaban J connectivity index is 3.29. The molecule has 0 aliphatic carbocycles. The molecule has 2 heteroatoms. The summed E-state index contributed by atoms with van der Waals surface area (Å²) in [6, 6.07) is 0.417. The molecule has 0 amide bonds. The quantitative estimate of drug-likeness (QED) is 0.554. The van der Waals surface area contributed by atoms with Crippen LogP contribution in [-0.4, -0.2) is 24.8 Å². The number of nitrogens with one attached hydrogen (secondary N) is 1. The van der Waals surface area contributed by atoms with Crippen molar-refractivity contribution in [3.8, 4) is 0 Å². The Hall–Kier alpha value is -0.0800. The third-order valence-electron chi connectivity index (χ3n) is 1.60. The van der Waals surface area contributed by atoms with Gasteiger partial charge < -0.3 is 10.4 Å². The molecule has 0 rings (SSSR count). The lowest BCUT2D eigenvalue weighted by Gasteiger charge is -2.15. The van der Waals surface area contributed by atoms with Crippen LogP contribution in [0.5, 0.6) is 0 Å². The van der Waals surface area contributed by atoms with E-state index in [4.69, 9.17) is 5.11 Å². The van der Waals surface area contributed by atoms with Gasteiger partial charge in [-0.05, 0) is 19.9 Å². The summed E-state index contributed by atoms with van der Waals surface area (Å²) in [5.74, 6) is 0.361. The molecule has 0 bridgehead atoms. The lowest BCUT2D eigenvalue weighted by molar-refractivity contribution is 0.211. The molecule has 0 aliphatic heterocycles. The Labute approximate surface area is 50.9 Å². The van der Waals surface area contributed by atoms with Crippen LogP contribution in [0, 0.1) is 5.92 Å². The predicted octanol–water partition coefficient (Wildman–Crippen LogP) is 0.223. The van der Waals surface area contributed by atoms with E-state index in [1.807, 2.05) is 14.0 Å². The Kier molecular flexibility index (Phi) is 3.83. The number of rotatable bonds is 3. The molecule has 50 valence electrons. The van der Waals surface area contributed by atoms with Crippen molar-refractivity contribution in [2.45, 2.75) is 19.9 Å². The van der Waals surface area contributed by atoms with E-state index in [9.17, 15) is 0 Å². The molecule has 0 spiro atoms. The Bertz CT molecular complexity index is 48.5. The van der Waals surface area contributed by atoms with Gasteiger partial charge >= 0.3 is 0 Å². The highest BCUT2D eigenvalue weighted by Crippen LogP contribution is 1.98. The van der Waals surface area contributed by atoms with Crippen LogP contribution < -0.4 is 5.32 Å². The molecule has 2 nitrogen and oxygen atoms in total. The van der Waals surface area contributed by atoms with Gasteiger partial charge in [0.1, 0.15) is 0 Å². The molecule has 2 unspecified atom stereocenters. The van der Waals surface area contributed by atoms with Crippen LogP contribution in [-0.2, 0) is 0 Å². The molecule has 0 saturated carbocycles. The van der Waals surface area contributed by atoms with Gasteiger partial charge in [0.25, 0.3) is 0 Å². The largest absolute Gasteiger partial charge is 0.396 e. The van der Waals surface area contributed by atoms with Crippen LogP contribution in [0.2, 0.25) is 0 Å². The van der Waals surface area contributed by atoms with Crippen molar-refractivity contribution in [1.82, 2.24) is 5.32 Å². The molecule has 0 saturated heterocycles. The number of aliphatic hydroxyl groups excluding tert-OH is 1. The summed E-state index contributed by atoms with van der Waals surface area (Å²) in [5, 5.41) is 11.7. The van der Waals surface area contributed by atoms with Crippen LogP contribution in [0.1, 0.15) is 13.8 Å². The molecular weight excluding hydrogens is 102 g/mol. The summed E-state index contributed by atoms with van der Waals surface area (Å²) in [4.78, 5) is 0. The van der Waals surface area contributed by atoms with Gasteiger partial charge in [-0.1, -0.05) is 6.92 Å². The minimum Gasteiger partial charge on any atom is -0.396 e. The Morgan fingerprint density at radius 1 is 1.50 bits per heavy atom. The number of hydrogen-bond acceptors (Lipinski definition) is 2. The molecule has 2 N–H and O–H groups in total. The predicted molar refractivity (Wildman–Crippen MR) is 34.8 cm³/mol.